The highest BCUT2D eigenvalue weighted by Crippen LogP contribution is 2.49. The maximum absolute atomic E-state index is 13.7. The summed E-state index contributed by atoms with van der Waals surface area (Å²) in [6, 6.07) is 31.3. The Hall–Kier alpha value is -5.84. The van der Waals surface area contributed by atoms with Gasteiger partial charge in [0.2, 0.25) is 5.91 Å². The fourth-order valence-electron chi connectivity index (χ4n) is 7.75. The molecule has 5 aromatic carbocycles. The van der Waals surface area contributed by atoms with Crippen molar-refractivity contribution in [2.75, 3.05) is 40.1 Å². The molecule has 10 heteroatoms. The van der Waals surface area contributed by atoms with E-state index in [9.17, 15) is 20.0 Å². The number of amides is 2. The van der Waals surface area contributed by atoms with Gasteiger partial charge < -0.3 is 30.3 Å². The smallest absolute Gasteiger partial charge is 0.262 e. The lowest BCUT2D eigenvalue weighted by molar-refractivity contribution is -0.277. The van der Waals surface area contributed by atoms with Crippen molar-refractivity contribution in [3.8, 4) is 22.6 Å². The summed E-state index contributed by atoms with van der Waals surface area (Å²) < 4.78 is 5.93. The standard InChI is InChI=1S/C46H52N4O6/c1-7-14-44(52)48-39-26-41(38(27-42(39)51)47-45(53)28-55-43-22-19-29(4)23-31(43)6)50(40-21-20-32(24-30(40)5)49(8-2)9-3)46(56-54)25-37-35-17-12-10-15-33(35)34-16-11-13-18-36(34)37/h10-13,15-24,26-27,37,46,51,54H,7-9,14,25,28H2,1-6H3,(H,47,53)(H,48,52). The molecule has 0 spiro atoms. The second kappa shape index (κ2) is 17.7. The van der Waals surface area contributed by atoms with Crippen LogP contribution in [0.25, 0.3) is 11.1 Å². The van der Waals surface area contributed by atoms with Gasteiger partial charge in [0.05, 0.1) is 17.1 Å². The van der Waals surface area contributed by atoms with E-state index in [-0.39, 0.29) is 42.0 Å². The Kier molecular flexibility index (Phi) is 12.6. The second-order valence-electron chi connectivity index (χ2n) is 14.3. The number of aromatic hydroxyl groups is 1. The highest BCUT2D eigenvalue weighted by Gasteiger charge is 2.35. The van der Waals surface area contributed by atoms with E-state index < -0.39 is 12.1 Å². The molecule has 2 amide bonds. The molecule has 1 atom stereocenters. The molecule has 0 radical (unpaired) electrons. The lowest BCUT2D eigenvalue weighted by Gasteiger charge is -2.36. The number of phenols is 1. The van der Waals surface area contributed by atoms with E-state index in [2.05, 4.69) is 59.7 Å². The van der Waals surface area contributed by atoms with Crippen LogP contribution in [0.5, 0.6) is 11.5 Å². The third-order valence-corrected chi connectivity index (χ3v) is 10.5. The normalized spacial score (nSPS) is 12.4. The number of ether oxygens (including phenoxy) is 1. The third kappa shape index (κ3) is 8.51. The molecule has 1 aliphatic carbocycles. The van der Waals surface area contributed by atoms with Crippen LogP contribution >= 0.6 is 0 Å². The molecule has 4 N–H and O–H groups in total. The van der Waals surface area contributed by atoms with Gasteiger partial charge in [0.15, 0.2) is 12.8 Å². The van der Waals surface area contributed by atoms with Gasteiger partial charge >= 0.3 is 0 Å². The lowest BCUT2D eigenvalue weighted by Crippen LogP contribution is -2.36. The van der Waals surface area contributed by atoms with E-state index in [1.165, 1.54) is 6.07 Å². The molecule has 292 valence electrons. The first-order chi connectivity index (χ1) is 27.1. The summed E-state index contributed by atoms with van der Waals surface area (Å²) in [7, 11) is 0. The molecule has 1 unspecified atom stereocenters. The number of phenolic OH excluding ortho intramolecular Hbond substituents is 1. The Morgan fingerprint density at radius 2 is 1.41 bits per heavy atom. The van der Waals surface area contributed by atoms with Crippen LogP contribution in [0.3, 0.4) is 0 Å². The molecule has 56 heavy (non-hydrogen) atoms. The molecule has 0 saturated carbocycles. The fraction of sp³-hybridized carbons (Fsp3) is 0.304. The van der Waals surface area contributed by atoms with Crippen molar-refractivity contribution in [3.05, 3.63) is 125 Å². The van der Waals surface area contributed by atoms with Crippen molar-refractivity contribution in [2.24, 2.45) is 0 Å². The first-order valence-electron chi connectivity index (χ1n) is 19.4. The summed E-state index contributed by atoms with van der Waals surface area (Å²) >= 11 is 0. The maximum atomic E-state index is 13.7. The van der Waals surface area contributed by atoms with E-state index >= 15 is 0 Å². The molecule has 0 bridgehead atoms. The van der Waals surface area contributed by atoms with Gasteiger partial charge in [-0.25, -0.2) is 10.1 Å². The van der Waals surface area contributed by atoms with Crippen LogP contribution in [-0.4, -0.2) is 48.1 Å². The zero-order valence-electron chi connectivity index (χ0n) is 33.1. The topological polar surface area (TPSA) is 124 Å². The Morgan fingerprint density at radius 1 is 0.750 bits per heavy atom. The predicted molar refractivity (Wildman–Crippen MR) is 224 cm³/mol. The van der Waals surface area contributed by atoms with E-state index in [4.69, 9.17) is 9.62 Å². The van der Waals surface area contributed by atoms with Crippen LogP contribution < -0.4 is 25.2 Å². The molecule has 6 rings (SSSR count). The zero-order chi connectivity index (χ0) is 39.9. The molecule has 0 fully saturated rings. The van der Waals surface area contributed by atoms with Gasteiger partial charge in [0, 0.05) is 49.3 Å². The van der Waals surface area contributed by atoms with Crippen molar-refractivity contribution in [1.82, 2.24) is 0 Å². The Bertz CT molecular complexity index is 2150. The number of aryl methyl sites for hydroxylation is 3. The van der Waals surface area contributed by atoms with Crippen molar-refractivity contribution in [1.29, 1.82) is 0 Å². The van der Waals surface area contributed by atoms with Gasteiger partial charge in [0.1, 0.15) is 11.5 Å². The number of benzene rings is 5. The van der Waals surface area contributed by atoms with Crippen LogP contribution in [0.2, 0.25) is 0 Å². The summed E-state index contributed by atoms with van der Waals surface area (Å²) in [5.74, 6) is -0.547. The average molecular weight is 757 g/mol. The van der Waals surface area contributed by atoms with Crippen LogP contribution in [0.1, 0.15) is 73.8 Å². The number of fused-ring (bicyclic) bond motifs is 3. The minimum absolute atomic E-state index is 0.151. The zero-order valence-corrected chi connectivity index (χ0v) is 33.1. The van der Waals surface area contributed by atoms with Crippen molar-refractivity contribution < 1.29 is 29.6 Å². The summed E-state index contributed by atoms with van der Waals surface area (Å²) in [5.41, 5.74) is 9.81. The van der Waals surface area contributed by atoms with E-state index in [0.29, 0.717) is 30.0 Å². The molecule has 0 aliphatic heterocycles. The van der Waals surface area contributed by atoms with Crippen LogP contribution in [-0.2, 0) is 14.5 Å². The fourth-order valence-corrected chi connectivity index (χ4v) is 7.75. The highest BCUT2D eigenvalue weighted by molar-refractivity contribution is 6.00. The van der Waals surface area contributed by atoms with Gasteiger partial charge in [-0.1, -0.05) is 73.2 Å². The summed E-state index contributed by atoms with van der Waals surface area (Å²) in [5, 5.41) is 28.1. The molecular formula is C46H52N4O6. The quantitative estimate of drug-likeness (QED) is 0.0340. The SMILES string of the molecule is CCCC(=O)Nc1cc(N(c2ccc(N(CC)CC)cc2C)C(CC2c3ccccc3-c3ccccc32)OO)c(NC(=O)COc2ccc(C)cc2C)cc1O. The van der Waals surface area contributed by atoms with E-state index in [1.54, 1.807) is 6.07 Å². The third-order valence-electron chi connectivity index (χ3n) is 10.5. The van der Waals surface area contributed by atoms with Gasteiger partial charge in [-0.05, 0) is 105 Å². The highest BCUT2D eigenvalue weighted by atomic mass is 17.1. The molecule has 0 heterocycles. The van der Waals surface area contributed by atoms with Crippen molar-refractivity contribution in [3.63, 3.8) is 0 Å². The Morgan fingerprint density at radius 3 is 2.02 bits per heavy atom. The van der Waals surface area contributed by atoms with Gasteiger partial charge in [-0.2, -0.15) is 0 Å². The largest absolute Gasteiger partial charge is 0.506 e. The Labute approximate surface area is 329 Å². The van der Waals surface area contributed by atoms with E-state index in [1.807, 2.05) is 87.2 Å². The summed E-state index contributed by atoms with van der Waals surface area (Å²) in [4.78, 5) is 36.2. The predicted octanol–water partition coefficient (Wildman–Crippen LogP) is 10.1. The molecule has 0 aromatic heterocycles. The van der Waals surface area contributed by atoms with Crippen LogP contribution in [0, 0.1) is 20.8 Å². The van der Waals surface area contributed by atoms with Gasteiger partial charge in [-0.15, -0.1) is 0 Å². The van der Waals surface area contributed by atoms with Gasteiger partial charge in [-0.3, -0.25) is 9.59 Å². The molecule has 0 saturated heterocycles. The molecule has 10 nitrogen and oxygen atoms in total. The monoisotopic (exact) mass is 756 g/mol. The number of carbonyl (C=O) groups is 2. The van der Waals surface area contributed by atoms with Crippen molar-refractivity contribution >= 4 is 40.3 Å². The number of hydrogen-bond donors (Lipinski definition) is 4. The second-order valence-corrected chi connectivity index (χ2v) is 14.3. The molecule has 5 aromatic rings. The molecule has 1 aliphatic rings. The lowest BCUT2D eigenvalue weighted by atomic mass is 9.92. The number of anilines is 5. The van der Waals surface area contributed by atoms with E-state index in [0.717, 1.165) is 57.7 Å². The van der Waals surface area contributed by atoms with Crippen LogP contribution in [0.15, 0.2) is 97.1 Å². The summed E-state index contributed by atoms with van der Waals surface area (Å²) in [6.45, 7) is 13.4. The number of rotatable bonds is 16. The minimum Gasteiger partial charge on any atom is -0.506 e. The van der Waals surface area contributed by atoms with Crippen molar-refractivity contribution in [2.45, 2.75) is 73.0 Å². The number of carbonyl (C=O) groups excluding carboxylic acids is 2. The first-order valence-corrected chi connectivity index (χ1v) is 19.4. The van der Waals surface area contributed by atoms with Crippen LogP contribution in [0.4, 0.5) is 28.4 Å². The first kappa shape index (κ1) is 39.8. The number of hydrogen-bond acceptors (Lipinski definition) is 8. The van der Waals surface area contributed by atoms with Gasteiger partial charge in [0.25, 0.3) is 5.91 Å². The minimum atomic E-state index is -1.01. The maximum Gasteiger partial charge on any atom is 0.262 e. The summed E-state index contributed by atoms with van der Waals surface area (Å²) in [6.07, 6.45) is 0.163. The average Bonchev–Trinajstić information content (AvgIpc) is 3.50. The molecular weight excluding hydrogens is 705 g/mol. The Balaban J connectivity index is 1.48. The number of nitrogens with one attached hydrogen (secondary N) is 2. The number of nitrogens with zero attached hydrogens (tertiary/aromatic N) is 2.